The summed E-state index contributed by atoms with van der Waals surface area (Å²) in [6.07, 6.45) is 1.10. The molecule has 0 bridgehead atoms. The SMILES string of the molecule is COc1ccc2scc(CCN(C)C)c2c1.Cl. The van der Waals surface area contributed by atoms with Gasteiger partial charge in [0, 0.05) is 11.2 Å². The molecule has 0 aliphatic carbocycles. The lowest BCUT2D eigenvalue weighted by molar-refractivity contribution is 0.413. The molecule has 0 unspecified atom stereocenters. The highest BCUT2D eigenvalue weighted by molar-refractivity contribution is 7.17. The number of likely N-dealkylation sites (N-methyl/N-ethyl adjacent to an activating group) is 1. The second-order valence-electron chi connectivity index (χ2n) is 4.18. The van der Waals surface area contributed by atoms with E-state index in [1.165, 1.54) is 15.6 Å². The van der Waals surface area contributed by atoms with Crippen LogP contribution < -0.4 is 4.74 Å². The van der Waals surface area contributed by atoms with E-state index >= 15 is 0 Å². The van der Waals surface area contributed by atoms with E-state index in [0.717, 1.165) is 18.7 Å². The molecule has 2 nitrogen and oxygen atoms in total. The highest BCUT2D eigenvalue weighted by atomic mass is 35.5. The van der Waals surface area contributed by atoms with Crippen LogP contribution in [0.3, 0.4) is 0 Å². The first kappa shape index (κ1) is 14.3. The molecular formula is C13H18ClNOS. The molecule has 1 heterocycles. The fourth-order valence-corrected chi connectivity index (χ4v) is 2.70. The standard InChI is InChI=1S/C13H17NOS.ClH/c1-14(2)7-6-10-9-16-13-5-4-11(15-3)8-12(10)13;/h4-5,8-9H,6-7H2,1-3H3;1H. The zero-order valence-electron chi connectivity index (χ0n) is 10.4. The van der Waals surface area contributed by atoms with Crippen LogP contribution in [0.2, 0.25) is 0 Å². The van der Waals surface area contributed by atoms with Gasteiger partial charge in [0.1, 0.15) is 5.75 Å². The van der Waals surface area contributed by atoms with Crippen LogP contribution in [0.25, 0.3) is 10.1 Å². The lowest BCUT2D eigenvalue weighted by atomic mass is 10.1. The molecule has 0 N–H and O–H groups in total. The molecule has 0 spiro atoms. The molecule has 1 aromatic heterocycles. The highest BCUT2D eigenvalue weighted by Gasteiger charge is 2.05. The normalized spacial score (nSPS) is 10.6. The van der Waals surface area contributed by atoms with Crippen molar-refractivity contribution < 1.29 is 4.74 Å². The number of fused-ring (bicyclic) bond motifs is 1. The Morgan fingerprint density at radius 2 is 2.06 bits per heavy atom. The van der Waals surface area contributed by atoms with E-state index in [1.807, 2.05) is 17.4 Å². The molecule has 0 radical (unpaired) electrons. The van der Waals surface area contributed by atoms with Crippen LogP contribution in [0.15, 0.2) is 23.6 Å². The van der Waals surface area contributed by atoms with Crippen LogP contribution in [0.5, 0.6) is 5.75 Å². The van der Waals surface area contributed by atoms with Gasteiger partial charge >= 0.3 is 0 Å². The minimum atomic E-state index is 0. The van der Waals surface area contributed by atoms with Crippen LogP contribution >= 0.6 is 23.7 Å². The van der Waals surface area contributed by atoms with Crippen molar-refractivity contribution in [3.63, 3.8) is 0 Å². The number of thiophene rings is 1. The summed E-state index contributed by atoms with van der Waals surface area (Å²) in [7, 11) is 5.93. The molecule has 2 aromatic rings. The zero-order chi connectivity index (χ0) is 11.5. The molecule has 0 aliphatic rings. The van der Waals surface area contributed by atoms with E-state index in [9.17, 15) is 0 Å². The third-order valence-electron chi connectivity index (χ3n) is 2.69. The summed E-state index contributed by atoms with van der Waals surface area (Å²) >= 11 is 1.81. The minimum absolute atomic E-state index is 0. The van der Waals surface area contributed by atoms with Gasteiger partial charge in [-0.05, 0) is 55.0 Å². The van der Waals surface area contributed by atoms with Gasteiger partial charge in [0.2, 0.25) is 0 Å². The lowest BCUT2D eigenvalue weighted by Crippen LogP contribution is -2.14. The molecule has 0 saturated heterocycles. The summed E-state index contributed by atoms with van der Waals surface area (Å²) in [6.45, 7) is 1.09. The van der Waals surface area contributed by atoms with Gasteiger partial charge in [-0.25, -0.2) is 0 Å². The van der Waals surface area contributed by atoms with Crippen molar-refractivity contribution in [2.45, 2.75) is 6.42 Å². The molecule has 0 aliphatic heterocycles. The largest absolute Gasteiger partial charge is 0.497 e. The van der Waals surface area contributed by atoms with Crippen molar-refractivity contribution in [3.05, 3.63) is 29.1 Å². The molecule has 0 saturated carbocycles. The number of rotatable bonds is 4. The van der Waals surface area contributed by atoms with E-state index < -0.39 is 0 Å². The summed E-state index contributed by atoms with van der Waals surface area (Å²) in [5.41, 5.74) is 1.42. The second kappa shape index (κ2) is 6.24. The Morgan fingerprint density at radius 3 is 2.71 bits per heavy atom. The number of ether oxygens (including phenoxy) is 1. The monoisotopic (exact) mass is 271 g/mol. The predicted molar refractivity (Wildman–Crippen MR) is 77.9 cm³/mol. The third-order valence-corrected chi connectivity index (χ3v) is 3.70. The summed E-state index contributed by atoms with van der Waals surface area (Å²) in [4.78, 5) is 2.21. The smallest absolute Gasteiger partial charge is 0.119 e. The maximum Gasteiger partial charge on any atom is 0.119 e. The van der Waals surface area contributed by atoms with Crippen LogP contribution in [-0.2, 0) is 6.42 Å². The topological polar surface area (TPSA) is 12.5 Å². The van der Waals surface area contributed by atoms with Crippen molar-refractivity contribution in [1.29, 1.82) is 0 Å². The molecule has 94 valence electrons. The fourth-order valence-electron chi connectivity index (χ4n) is 1.73. The Hall–Kier alpha value is -0.770. The van der Waals surface area contributed by atoms with Crippen molar-refractivity contribution >= 4 is 33.8 Å². The van der Waals surface area contributed by atoms with E-state index in [1.54, 1.807) is 7.11 Å². The van der Waals surface area contributed by atoms with Gasteiger partial charge in [-0.1, -0.05) is 0 Å². The lowest BCUT2D eigenvalue weighted by Gasteiger charge is -2.08. The second-order valence-corrected chi connectivity index (χ2v) is 5.09. The maximum atomic E-state index is 5.27. The van der Waals surface area contributed by atoms with Gasteiger partial charge in [-0.15, -0.1) is 23.7 Å². The summed E-state index contributed by atoms with van der Waals surface area (Å²) in [5.74, 6) is 0.942. The number of nitrogens with zero attached hydrogens (tertiary/aromatic N) is 1. The third kappa shape index (κ3) is 3.35. The number of halogens is 1. The highest BCUT2D eigenvalue weighted by Crippen LogP contribution is 2.29. The van der Waals surface area contributed by atoms with Gasteiger partial charge in [-0.2, -0.15) is 0 Å². The van der Waals surface area contributed by atoms with E-state index in [4.69, 9.17) is 4.74 Å². The molecule has 0 atom stereocenters. The van der Waals surface area contributed by atoms with E-state index in [2.05, 4.69) is 36.5 Å². The van der Waals surface area contributed by atoms with E-state index in [-0.39, 0.29) is 12.4 Å². The van der Waals surface area contributed by atoms with Crippen LogP contribution in [0.4, 0.5) is 0 Å². The number of hydrogen-bond acceptors (Lipinski definition) is 3. The Balaban J connectivity index is 0.00000144. The first-order valence-electron chi connectivity index (χ1n) is 5.39. The molecule has 0 fully saturated rings. The Kier molecular flexibility index (Phi) is 5.25. The van der Waals surface area contributed by atoms with Crippen LogP contribution in [0, 0.1) is 0 Å². The summed E-state index contributed by atoms with van der Waals surface area (Å²) < 4.78 is 6.61. The Morgan fingerprint density at radius 1 is 1.29 bits per heavy atom. The minimum Gasteiger partial charge on any atom is -0.497 e. The van der Waals surface area contributed by atoms with Crippen LogP contribution in [-0.4, -0.2) is 32.6 Å². The molecule has 17 heavy (non-hydrogen) atoms. The predicted octanol–water partition coefficient (Wildman–Crippen LogP) is 3.44. The number of methoxy groups -OCH3 is 1. The maximum absolute atomic E-state index is 5.27. The zero-order valence-corrected chi connectivity index (χ0v) is 12.0. The molecule has 4 heteroatoms. The van der Waals surface area contributed by atoms with Crippen LogP contribution in [0.1, 0.15) is 5.56 Å². The fraction of sp³-hybridized carbons (Fsp3) is 0.385. The number of hydrogen-bond donors (Lipinski definition) is 0. The first-order valence-corrected chi connectivity index (χ1v) is 6.27. The number of benzene rings is 1. The quantitative estimate of drug-likeness (QED) is 0.845. The first-order chi connectivity index (χ1) is 7.70. The Bertz CT molecular complexity index is 481. The average Bonchev–Trinajstić information content (AvgIpc) is 2.68. The van der Waals surface area contributed by atoms with Crippen molar-refractivity contribution in [3.8, 4) is 5.75 Å². The average molecular weight is 272 g/mol. The van der Waals surface area contributed by atoms with Gasteiger partial charge in [-0.3, -0.25) is 0 Å². The van der Waals surface area contributed by atoms with Gasteiger partial charge in [0.25, 0.3) is 0 Å². The molecule has 0 amide bonds. The summed E-state index contributed by atoms with van der Waals surface area (Å²) in [5, 5.41) is 3.60. The van der Waals surface area contributed by atoms with Gasteiger partial charge in [0.05, 0.1) is 7.11 Å². The molecule has 2 rings (SSSR count). The van der Waals surface area contributed by atoms with Gasteiger partial charge in [0.15, 0.2) is 0 Å². The van der Waals surface area contributed by atoms with Crippen molar-refractivity contribution in [1.82, 2.24) is 4.90 Å². The van der Waals surface area contributed by atoms with Gasteiger partial charge < -0.3 is 9.64 Å². The van der Waals surface area contributed by atoms with E-state index in [0.29, 0.717) is 0 Å². The molecular weight excluding hydrogens is 254 g/mol. The molecule has 1 aromatic carbocycles. The Labute approximate surface area is 113 Å². The summed E-state index contributed by atoms with van der Waals surface area (Å²) in [6, 6.07) is 6.30. The van der Waals surface area contributed by atoms with Crippen molar-refractivity contribution in [2.75, 3.05) is 27.7 Å². The van der Waals surface area contributed by atoms with Crippen molar-refractivity contribution in [2.24, 2.45) is 0 Å².